The Kier molecular flexibility index (Phi) is 6.30. The third-order valence-electron chi connectivity index (χ3n) is 4.03. The lowest BCUT2D eigenvalue weighted by atomic mass is 10.1. The van der Waals surface area contributed by atoms with Gasteiger partial charge in [0.1, 0.15) is 6.04 Å². The normalized spacial score (nSPS) is 14.1. The van der Waals surface area contributed by atoms with Crippen LogP contribution in [0.15, 0.2) is 30.3 Å². The number of alkyl halides is 3. The molecule has 2 aromatic rings. The number of hydrogen-bond donors (Lipinski definition) is 2. The average Bonchev–Trinajstić information content (AvgIpc) is 2.90. The van der Waals surface area contributed by atoms with Gasteiger partial charge in [-0.15, -0.1) is 0 Å². The van der Waals surface area contributed by atoms with Crippen molar-refractivity contribution in [2.75, 3.05) is 6.61 Å². The van der Waals surface area contributed by atoms with E-state index in [1.165, 1.54) is 6.92 Å². The second-order valence-corrected chi connectivity index (χ2v) is 6.15. The number of rotatable bonds is 6. The van der Waals surface area contributed by atoms with Crippen molar-refractivity contribution in [2.24, 2.45) is 0 Å². The third-order valence-corrected chi connectivity index (χ3v) is 4.48. The molecular weight excluding hydrogens is 371 g/mol. The largest absolute Gasteiger partial charge is 0.436 e. The number of carbonyl (C=O) groups excluding carboxylic acids is 1. The minimum absolute atomic E-state index is 0.0567. The Hall–Kier alpha value is -2.06. The molecule has 0 aliphatic rings. The van der Waals surface area contributed by atoms with E-state index in [-0.39, 0.29) is 18.7 Å². The van der Waals surface area contributed by atoms with Gasteiger partial charge in [-0.3, -0.25) is 9.48 Å². The Morgan fingerprint density at radius 1 is 1.35 bits per heavy atom. The van der Waals surface area contributed by atoms with Crippen LogP contribution in [0.4, 0.5) is 13.2 Å². The molecule has 0 aliphatic heterocycles. The van der Waals surface area contributed by atoms with Crippen molar-refractivity contribution in [2.45, 2.75) is 38.5 Å². The Morgan fingerprint density at radius 3 is 2.42 bits per heavy atom. The van der Waals surface area contributed by atoms with Crippen LogP contribution in [-0.2, 0) is 11.0 Å². The lowest BCUT2D eigenvalue weighted by Gasteiger charge is -2.22. The van der Waals surface area contributed by atoms with Crippen molar-refractivity contribution in [3.63, 3.8) is 0 Å². The monoisotopic (exact) mass is 389 g/mol. The van der Waals surface area contributed by atoms with Gasteiger partial charge in [0.2, 0.25) is 5.91 Å². The standard InChI is InChI=1S/C17H19ClF3N3O2/c1-3-13(24-10(2)14(18)15(23-24)17(19,20)21)16(26)22-12(9-25)11-7-5-4-6-8-11/h4-8,12-13,25H,3,9H2,1-2H3,(H,22,26)/t12-,13-/m0/s1. The Morgan fingerprint density at radius 2 is 1.96 bits per heavy atom. The number of halogens is 4. The molecule has 2 rings (SSSR count). The smallest absolute Gasteiger partial charge is 0.394 e. The van der Waals surface area contributed by atoms with E-state index in [0.717, 1.165) is 4.68 Å². The Bertz CT molecular complexity index is 763. The van der Waals surface area contributed by atoms with Crippen LogP contribution in [0, 0.1) is 6.92 Å². The lowest BCUT2D eigenvalue weighted by molar-refractivity contribution is -0.142. The lowest BCUT2D eigenvalue weighted by Crippen LogP contribution is -2.37. The number of benzene rings is 1. The first kappa shape index (κ1) is 20.3. The third kappa shape index (κ3) is 4.19. The topological polar surface area (TPSA) is 67.2 Å². The Balaban J connectivity index is 2.29. The molecule has 0 spiro atoms. The highest BCUT2D eigenvalue weighted by Gasteiger charge is 2.39. The van der Waals surface area contributed by atoms with Crippen molar-refractivity contribution in [1.82, 2.24) is 15.1 Å². The van der Waals surface area contributed by atoms with Gasteiger partial charge in [-0.05, 0) is 18.9 Å². The molecule has 0 bridgehead atoms. The van der Waals surface area contributed by atoms with Gasteiger partial charge in [0.15, 0.2) is 5.69 Å². The number of carbonyl (C=O) groups is 1. The molecule has 2 atom stereocenters. The number of amides is 1. The fourth-order valence-electron chi connectivity index (χ4n) is 2.64. The molecule has 1 aromatic heterocycles. The summed E-state index contributed by atoms with van der Waals surface area (Å²) in [4.78, 5) is 12.6. The predicted molar refractivity (Wildman–Crippen MR) is 90.7 cm³/mol. The second kappa shape index (κ2) is 8.09. The van der Waals surface area contributed by atoms with E-state index in [1.807, 2.05) is 0 Å². The molecular formula is C17H19ClF3N3O2. The van der Waals surface area contributed by atoms with Crippen LogP contribution in [0.1, 0.15) is 42.4 Å². The minimum Gasteiger partial charge on any atom is -0.394 e. The summed E-state index contributed by atoms with van der Waals surface area (Å²) >= 11 is 5.76. The zero-order valence-electron chi connectivity index (χ0n) is 14.2. The Labute approximate surface area is 153 Å². The molecule has 0 saturated heterocycles. The SMILES string of the molecule is CC[C@@H](C(=O)N[C@@H](CO)c1ccccc1)n1nc(C(F)(F)F)c(Cl)c1C. The molecule has 0 radical (unpaired) electrons. The number of aliphatic hydroxyl groups is 1. The van der Waals surface area contributed by atoms with Crippen LogP contribution in [0.2, 0.25) is 5.02 Å². The maximum absolute atomic E-state index is 13.0. The molecule has 0 saturated carbocycles. The van der Waals surface area contributed by atoms with Crippen molar-refractivity contribution in [1.29, 1.82) is 0 Å². The van der Waals surface area contributed by atoms with Gasteiger partial charge < -0.3 is 10.4 Å². The van der Waals surface area contributed by atoms with Gasteiger partial charge in [0.25, 0.3) is 0 Å². The van der Waals surface area contributed by atoms with Gasteiger partial charge in [0, 0.05) is 0 Å². The maximum atomic E-state index is 13.0. The van der Waals surface area contributed by atoms with Crippen LogP contribution in [0.25, 0.3) is 0 Å². The summed E-state index contributed by atoms with van der Waals surface area (Å²) in [5, 5.41) is 15.2. The average molecular weight is 390 g/mol. The number of hydrogen-bond acceptors (Lipinski definition) is 3. The van der Waals surface area contributed by atoms with Crippen molar-refractivity contribution in [3.05, 3.63) is 52.3 Å². The zero-order valence-corrected chi connectivity index (χ0v) is 15.0. The van der Waals surface area contributed by atoms with E-state index in [2.05, 4.69) is 10.4 Å². The van der Waals surface area contributed by atoms with E-state index in [9.17, 15) is 23.1 Å². The molecule has 2 N–H and O–H groups in total. The summed E-state index contributed by atoms with van der Waals surface area (Å²) in [7, 11) is 0. The second-order valence-electron chi connectivity index (χ2n) is 5.77. The highest BCUT2D eigenvalue weighted by molar-refractivity contribution is 6.32. The van der Waals surface area contributed by atoms with Gasteiger partial charge in [-0.1, -0.05) is 48.9 Å². The molecule has 0 fully saturated rings. The summed E-state index contributed by atoms with van der Waals surface area (Å²) in [6.45, 7) is 2.68. The van der Waals surface area contributed by atoms with E-state index in [1.54, 1.807) is 37.3 Å². The first-order valence-corrected chi connectivity index (χ1v) is 8.36. The van der Waals surface area contributed by atoms with Crippen LogP contribution in [-0.4, -0.2) is 27.4 Å². The highest BCUT2D eigenvalue weighted by atomic mass is 35.5. The van der Waals surface area contributed by atoms with E-state index >= 15 is 0 Å². The van der Waals surface area contributed by atoms with E-state index in [4.69, 9.17) is 11.6 Å². The summed E-state index contributed by atoms with van der Waals surface area (Å²) in [5.41, 5.74) is -0.477. The summed E-state index contributed by atoms with van der Waals surface area (Å²) in [5.74, 6) is -0.550. The molecule has 0 unspecified atom stereocenters. The number of nitrogens with one attached hydrogen (secondary N) is 1. The van der Waals surface area contributed by atoms with Gasteiger partial charge in [-0.2, -0.15) is 18.3 Å². The van der Waals surface area contributed by atoms with Gasteiger partial charge in [-0.25, -0.2) is 0 Å². The molecule has 1 amide bonds. The van der Waals surface area contributed by atoms with E-state index in [0.29, 0.717) is 5.56 Å². The molecule has 142 valence electrons. The quantitative estimate of drug-likeness (QED) is 0.792. The molecule has 5 nitrogen and oxygen atoms in total. The van der Waals surface area contributed by atoms with Crippen LogP contribution in [0.5, 0.6) is 0 Å². The first-order chi connectivity index (χ1) is 12.2. The summed E-state index contributed by atoms with van der Waals surface area (Å²) in [6.07, 6.45) is -4.51. The van der Waals surface area contributed by atoms with Crippen LogP contribution in [0.3, 0.4) is 0 Å². The number of aliphatic hydroxyl groups excluding tert-OH is 1. The number of nitrogens with zero attached hydrogens (tertiary/aromatic N) is 2. The van der Waals surface area contributed by atoms with Crippen LogP contribution < -0.4 is 5.32 Å². The zero-order chi connectivity index (χ0) is 19.5. The summed E-state index contributed by atoms with van der Waals surface area (Å²) in [6, 6.07) is 7.12. The predicted octanol–water partition coefficient (Wildman–Crippen LogP) is 3.66. The molecule has 26 heavy (non-hydrogen) atoms. The van der Waals surface area contributed by atoms with Crippen molar-refractivity contribution < 1.29 is 23.1 Å². The number of aromatic nitrogens is 2. The molecule has 0 aliphatic carbocycles. The first-order valence-electron chi connectivity index (χ1n) is 7.98. The van der Waals surface area contributed by atoms with Crippen molar-refractivity contribution >= 4 is 17.5 Å². The molecule has 1 aromatic carbocycles. The van der Waals surface area contributed by atoms with Gasteiger partial charge >= 0.3 is 6.18 Å². The molecule has 1 heterocycles. The van der Waals surface area contributed by atoms with Gasteiger partial charge in [0.05, 0.1) is 23.4 Å². The summed E-state index contributed by atoms with van der Waals surface area (Å²) < 4.78 is 40.0. The van der Waals surface area contributed by atoms with Crippen molar-refractivity contribution in [3.8, 4) is 0 Å². The highest BCUT2D eigenvalue weighted by Crippen LogP contribution is 2.36. The molecule has 9 heteroatoms. The maximum Gasteiger partial charge on any atom is 0.436 e. The van der Waals surface area contributed by atoms with E-state index < -0.39 is 34.9 Å². The van der Waals surface area contributed by atoms with Crippen LogP contribution >= 0.6 is 11.6 Å². The fraction of sp³-hybridized carbons (Fsp3) is 0.412. The fourth-order valence-corrected chi connectivity index (χ4v) is 2.87. The minimum atomic E-state index is -4.71.